The molecule has 0 aliphatic heterocycles. The van der Waals surface area contributed by atoms with Gasteiger partial charge in [0.25, 0.3) is 5.91 Å². The Kier molecular flexibility index (Phi) is 5.54. The highest BCUT2D eigenvalue weighted by Crippen LogP contribution is 2.29. The summed E-state index contributed by atoms with van der Waals surface area (Å²) in [5, 5.41) is 12.3. The number of pyridine rings is 1. The van der Waals surface area contributed by atoms with Gasteiger partial charge in [-0.05, 0) is 24.5 Å². The van der Waals surface area contributed by atoms with Crippen LogP contribution in [0.1, 0.15) is 36.3 Å². The SMILES string of the molecule is CC(C)CC(O)CNc1nc(C(F)(F)F)ccc1C(N)=O. The van der Waals surface area contributed by atoms with Crippen LogP contribution in [0.3, 0.4) is 0 Å². The first kappa shape index (κ1) is 17.2. The van der Waals surface area contributed by atoms with Gasteiger partial charge in [0.1, 0.15) is 11.5 Å². The Morgan fingerprint density at radius 3 is 2.52 bits per heavy atom. The first-order chi connectivity index (χ1) is 9.61. The zero-order chi connectivity index (χ0) is 16.2. The number of amides is 1. The van der Waals surface area contributed by atoms with Gasteiger partial charge in [-0.3, -0.25) is 4.79 Å². The molecule has 0 bridgehead atoms. The fraction of sp³-hybridized carbons (Fsp3) is 0.538. The van der Waals surface area contributed by atoms with E-state index in [1.807, 2.05) is 13.8 Å². The number of carbonyl (C=O) groups excluding carboxylic acids is 1. The topological polar surface area (TPSA) is 88.2 Å². The van der Waals surface area contributed by atoms with Gasteiger partial charge in [0, 0.05) is 6.54 Å². The summed E-state index contributed by atoms with van der Waals surface area (Å²) in [5.41, 5.74) is 3.81. The third-order valence-electron chi connectivity index (χ3n) is 2.70. The van der Waals surface area contributed by atoms with Crippen LogP contribution >= 0.6 is 0 Å². The number of carbonyl (C=O) groups is 1. The van der Waals surface area contributed by atoms with E-state index in [-0.39, 0.29) is 23.8 Å². The van der Waals surface area contributed by atoms with Crippen LogP contribution in [-0.4, -0.2) is 28.6 Å². The van der Waals surface area contributed by atoms with Crippen LogP contribution in [0.4, 0.5) is 19.0 Å². The minimum Gasteiger partial charge on any atom is -0.391 e. The number of alkyl halides is 3. The van der Waals surface area contributed by atoms with Gasteiger partial charge < -0.3 is 16.2 Å². The average molecular weight is 305 g/mol. The van der Waals surface area contributed by atoms with E-state index in [9.17, 15) is 23.1 Å². The zero-order valence-electron chi connectivity index (χ0n) is 11.7. The number of primary amides is 1. The third kappa shape index (κ3) is 5.22. The second-order valence-electron chi connectivity index (χ2n) is 5.12. The number of anilines is 1. The predicted octanol–water partition coefficient (Wildman–Crippen LogP) is 2.02. The summed E-state index contributed by atoms with van der Waals surface area (Å²) in [7, 11) is 0. The van der Waals surface area contributed by atoms with Crippen molar-refractivity contribution in [3.63, 3.8) is 0 Å². The normalized spacial score (nSPS) is 13.3. The molecule has 118 valence electrons. The third-order valence-corrected chi connectivity index (χ3v) is 2.70. The number of hydrogen-bond acceptors (Lipinski definition) is 4. The molecule has 0 aliphatic carbocycles. The molecular weight excluding hydrogens is 287 g/mol. The van der Waals surface area contributed by atoms with Gasteiger partial charge in [0.2, 0.25) is 0 Å². The summed E-state index contributed by atoms with van der Waals surface area (Å²) < 4.78 is 37.8. The number of nitrogens with two attached hydrogens (primary N) is 1. The van der Waals surface area contributed by atoms with E-state index in [0.29, 0.717) is 12.5 Å². The van der Waals surface area contributed by atoms with Crippen molar-refractivity contribution in [3.8, 4) is 0 Å². The molecule has 1 rings (SSSR count). The first-order valence-corrected chi connectivity index (χ1v) is 6.41. The second kappa shape index (κ2) is 6.75. The molecule has 1 aromatic heterocycles. The van der Waals surface area contributed by atoms with E-state index in [4.69, 9.17) is 5.73 Å². The first-order valence-electron chi connectivity index (χ1n) is 6.41. The van der Waals surface area contributed by atoms with Gasteiger partial charge >= 0.3 is 6.18 Å². The molecular formula is C13H18F3N3O2. The fourth-order valence-electron chi connectivity index (χ4n) is 1.79. The van der Waals surface area contributed by atoms with Crippen molar-refractivity contribution in [3.05, 3.63) is 23.4 Å². The number of hydrogen-bond donors (Lipinski definition) is 3. The van der Waals surface area contributed by atoms with E-state index in [2.05, 4.69) is 10.3 Å². The lowest BCUT2D eigenvalue weighted by Crippen LogP contribution is -2.24. The summed E-state index contributed by atoms with van der Waals surface area (Å²) in [6.45, 7) is 3.79. The molecule has 1 aromatic rings. The number of nitrogens with zero attached hydrogens (tertiary/aromatic N) is 1. The minimum atomic E-state index is -4.62. The molecule has 0 aromatic carbocycles. The molecule has 0 radical (unpaired) electrons. The molecule has 1 unspecified atom stereocenters. The molecule has 0 saturated carbocycles. The summed E-state index contributed by atoms with van der Waals surface area (Å²) >= 11 is 0. The maximum Gasteiger partial charge on any atom is 0.433 e. The van der Waals surface area contributed by atoms with E-state index in [0.717, 1.165) is 6.07 Å². The van der Waals surface area contributed by atoms with Crippen LogP contribution < -0.4 is 11.1 Å². The number of aliphatic hydroxyl groups excluding tert-OH is 1. The largest absolute Gasteiger partial charge is 0.433 e. The Morgan fingerprint density at radius 1 is 1.43 bits per heavy atom. The highest BCUT2D eigenvalue weighted by Gasteiger charge is 2.33. The van der Waals surface area contributed by atoms with E-state index in [1.54, 1.807) is 0 Å². The van der Waals surface area contributed by atoms with Gasteiger partial charge in [-0.15, -0.1) is 0 Å². The average Bonchev–Trinajstić information content (AvgIpc) is 2.33. The molecule has 0 spiro atoms. The van der Waals surface area contributed by atoms with E-state index in [1.165, 1.54) is 0 Å². The van der Waals surface area contributed by atoms with Gasteiger partial charge in [-0.2, -0.15) is 13.2 Å². The van der Waals surface area contributed by atoms with Crippen LogP contribution in [0.25, 0.3) is 0 Å². The summed E-state index contributed by atoms with van der Waals surface area (Å²) in [4.78, 5) is 14.6. The van der Waals surface area contributed by atoms with Crippen LogP contribution in [0.15, 0.2) is 12.1 Å². The predicted molar refractivity (Wildman–Crippen MR) is 71.7 cm³/mol. The molecule has 0 aliphatic rings. The van der Waals surface area contributed by atoms with Crippen LogP contribution in [0.5, 0.6) is 0 Å². The Hall–Kier alpha value is -1.83. The van der Waals surface area contributed by atoms with Crippen molar-refractivity contribution >= 4 is 11.7 Å². The summed E-state index contributed by atoms with van der Waals surface area (Å²) in [6.07, 6.45) is -4.91. The quantitative estimate of drug-likeness (QED) is 0.750. The summed E-state index contributed by atoms with van der Waals surface area (Å²) in [6, 6.07) is 1.66. The Morgan fingerprint density at radius 2 is 2.05 bits per heavy atom. The highest BCUT2D eigenvalue weighted by atomic mass is 19.4. The molecule has 5 nitrogen and oxygen atoms in total. The van der Waals surface area contributed by atoms with Crippen LogP contribution in [0.2, 0.25) is 0 Å². The Bertz CT molecular complexity index is 504. The maximum atomic E-state index is 12.6. The maximum absolute atomic E-state index is 12.6. The second-order valence-corrected chi connectivity index (χ2v) is 5.12. The minimum absolute atomic E-state index is 0.0211. The van der Waals surface area contributed by atoms with Crippen molar-refractivity contribution in [2.45, 2.75) is 32.5 Å². The van der Waals surface area contributed by atoms with E-state index >= 15 is 0 Å². The van der Waals surface area contributed by atoms with Gasteiger partial charge in [0.05, 0.1) is 11.7 Å². The highest BCUT2D eigenvalue weighted by molar-refractivity contribution is 5.97. The van der Waals surface area contributed by atoms with Gasteiger partial charge in [0.15, 0.2) is 0 Å². The standard InChI is InChI=1S/C13H18F3N3O2/c1-7(2)5-8(20)6-18-12-9(11(17)21)3-4-10(19-12)13(14,15)16/h3-4,7-8,20H,5-6H2,1-2H3,(H2,17,21)(H,18,19). The zero-order valence-corrected chi connectivity index (χ0v) is 11.7. The number of nitrogens with one attached hydrogen (secondary N) is 1. The van der Waals surface area contributed by atoms with Crippen molar-refractivity contribution in [2.75, 3.05) is 11.9 Å². The molecule has 8 heteroatoms. The molecule has 21 heavy (non-hydrogen) atoms. The molecule has 1 heterocycles. The number of aromatic nitrogens is 1. The Balaban J connectivity index is 2.94. The number of rotatable bonds is 6. The molecule has 0 fully saturated rings. The lowest BCUT2D eigenvalue weighted by molar-refractivity contribution is -0.141. The van der Waals surface area contributed by atoms with Crippen LogP contribution in [-0.2, 0) is 6.18 Å². The fourth-order valence-corrected chi connectivity index (χ4v) is 1.79. The van der Waals surface area contributed by atoms with Crippen molar-refractivity contribution in [1.29, 1.82) is 0 Å². The van der Waals surface area contributed by atoms with Gasteiger partial charge in [-0.25, -0.2) is 4.98 Å². The lowest BCUT2D eigenvalue weighted by atomic mass is 10.1. The number of aliphatic hydroxyl groups is 1. The van der Waals surface area contributed by atoms with Crippen molar-refractivity contribution in [2.24, 2.45) is 11.7 Å². The van der Waals surface area contributed by atoms with E-state index < -0.39 is 23.9 Å². The van der Waals surface area contributed by atoms with Crippen molar-refractivity contribution < 1.29 is 23.1 Å². The molecule has 1 atom stereocenters. The van der Waals surface area contributed by atoms with Crippen LogP contribution in [0, 0.1) is 5.92 Å². The lowest BCUT2D eigenvalue weighted by Gasteiger charge is -2.16. The molecule has 0 saturated heterocycles. The van der Waals surface area contributed by atoms with Gasteiger partial charge in [-0.1, -0.05) is 13.8 Å². The monoisotopic (exact) mass is 305 g/mol. The Labute approximate surface area is 120 Å². The molecule has 4 N–H and O–H groups in total. The van der Waals surface area contributed by atoms with Crippen molar-refractivity contribution in [1.82, 2.24) is 4.98 Å². The smallest absolute Gasteiger partial charge is 0.391 e. The number of halogens is 3. The summed E-state index contributed by atoms with van der Waals surface area (Å²) in [5.74, 6) is -0.941. The molecule has 1 amide bonds.